The van der Waals surface area contributed by atoms with Crippen molar-refractivity contribution in [3.8, 4) is 11.5 Å². The molecule has 1 aromatic carbocycles. The van der Waals surface area contributed by atoms with E-state index in [0.29, 0.717) is 34.9 Å². The zero-order valence-corrected chi connectivity index (χ0v) is 13.6. The predicted molar refractivity (Wildman–Crippen MR) is 86.5 cm³/mol. The van der Waals surface area contributed by atoms with Gasteiger partial charge in [-0.2, -0.15) is 4.98 Å². The lowest BCUT2D eigenvalue weighted by Gasteiger charge is -2.11. The topological polar surface area (TPSA) is 82.0 Å². The Hall–Kier alpha value is -2.54. The van der Waals surface area contributed by atoms with Crippen molar-refractivity contribution in [2.75, 3.05) is 14.2 Å². The van der Waals surface area contributed by atoms with Gasteiger partial charge < -0.3 is 14.5 Å². The van der Waals surface area contributed by atoms with Gasteiger partial charge >= 0.3 is 5.69 Å². The highest BCUT2D eigenvalue weighted by Gasteiger charge is 2.15. The van der Waals surface area contributed by atoms with Gasteiger partial charge in [0.05, 0.1) is 26.5 Å². The molecule has 0 fully saturated rings. The number of aromatic nitrogens is 4. The molecule has 120 valence electrons. The minimum Gasteiger partial charge on any atom is -0.497 e. The average Bonchev–Trinajstić information content (AvgIpc) is 2.84. The molecule has 0 aliphatic carbocycles. The zero-order valence-electron chi connectivity index (χ0n) is 12.9. The first-order chi connectivity index (χ1) is 11.0. The van der Waals surface area contributed by atoms with Gasteiger partial charge in [-0.15, -0.1) is 0 Å². The number of H-pyrrole nitrogens is 1. The van der Waals surface area contributed by atoms with Crippen LogP contribution in [-0.2, 0) is 6.54 Å². The van der Waals surface area contributed by atoms with Crippen molar-refractivity contribution < 1.29 is 9.47 Å². The number of hydrogen-bond acceptors (Lipinski definition) is 5. The molecule has 3 aromatic rings. The molecule has 0 unspecified atom stereocenters. The summed E-state index contributed by atoms with van der Waals surface area (Å²) >= 11 is 5.91. The van der Waals surface area contributed by atoms with Crippen molar-refractivity contribution in [3.05, 3.63) is 45.2 Å². The number of nitrogens with one attached hydrogen (secondary N) is 1. The third-order valence-corrected chi connectivity index (χ3v) is 3.77. The molecule has 0 spiro atoms. The second-order valence-electron chi connectivity index (χ2n) is 4.97. The number of methoxy groups -OCH3 is 2. The van der Waals surface area contributed by atoms with E-state index in [2.05, 4.69) is 15.0 Å². The number of ether oxygens (including phenoxy) is 2. The maximum atomic E-state index is 12.3. The molecule has 0 atom stereocenters. The molecule has 7 nitrogen and oxygen atoms in total. The molecule has 8 heteroatoms. The Balaban J connectivity index is 2.12. The van der Waals surface area contributed by atoms with Gasteiger partial charge in [-0.1, -0.05) is 0 Å². The van der Waals surface area contributed by atoms with Gasteiger partial charge in [-0.05, 0) is 30.7 Å². The zero-order chi connectivity index (χ0) is 16.6. The Morgan fingerprint density at radius 2 is 2.04 bits per heavy atom. The molecule has 3 rings (SSSR count). The minimum absolute atomic E-state index is 0.101. The smallest absolute Gasteiger partial charge is 0.328 e. The summed E-state index contributed by atoms with van der Waals surface area (Å²) in [6.07, 6.45) is 0. The van der Waals surface area contributed by atoms with E-state index in [4.69, 9.17) is 21.1 Å². The lowest BCUT2D eigenvalue weighted by Crippen LogP contribution is -2.18. The monoisotopic (exact) mass is 334 g/mol. The van der Waals surface area contributed by atoms with Crippen LogP contribution < -0.4 is 15.2 Å². The van der Waals surface area contributed by atoms with E-state index in [-0.39, 0.29) is 11.0 Å². The second-order valence-corrected chi connectivity index (χ2v) is 5.31. The van der Waals surface area contributed by atoms with E-state index >= 15 is 0 Å². The van der Waals surface area contributed by atoms with E-state index in [1.165, 1.54) is 4.57 Å². The number of aromatic amines is 1. The highest BCUT2D eigenvalue weighted by atomic mass is 35.5. The van der Waals surface area contributed by atoms with Crippen molar-refractivity contribution in [1.82, 2.24) is 19.5 Å². The maximum Gasteiger partial charge on any atom is 0.328 e. The van der Waals surface area contributed by atoms with E-state index in [1.807, 2.05) is 12.1 Å². The fourth-order valence-electron chi connectivity index (χ4n) is 2.44. The van der Waals surface area contributed by atoms with Gasteiger partial charge in [-0.3, -0.25) is 4.57 Å². The summed E-state index contributed by atoms with van der Waals surface area (Å²) < 4.78 is 12.1. The number of hydrogen-bond donors (Lipinski definition) is 1. The number of fused-ring (bicyclic) bond motifs is 1. The molecule has 0 amide bonds. The Labute approximate surface area is 136 Å². The van der Waals surface area contributed by atoms with E-state index in [9.17, 15) is 4.79 Å². The highest BCUT2D eigenvalue weighted by molar-refractivity contribution is 6.28. The van der Waals surface area contributed by atoms with Crippen LogP contribution in [-0.4, -0.2) is 33.7 Å². The summed E-state index contributed by atoms with van der Waals surface area (Å²) in [5.74, 6) is 1.31. The first kappa shape index (κ1) is 15.4. The van der Waals surface area contributed by atoms with Crippen LogP contribution in [0.2, 0.25) is 5.28 Å². The maximum absolute atomic E-state index is 12.3. The van der Waals surface area contributed by atoms with Gasteiger partial charge in [0.2, 0.25) is 5.28 Å². The van der Waals surface area contributed by atoms with Gasteiger partial charge in [0.1, 0.15) is 17.0 Å². The van der Waals surface area contributed by atoms with Crippen LogP contribution in [0.25, 0.3) is 11.2 Å². The number of imidazole rings is 1. The first-order valence-electron chi connectivity index (χ1n) is 6.87. The van der Waals surface area contributed by atoms with E-state index < -0.39 is 0 Å². The van der Waals surface area contributed by atoms with Crippen LogP contribution in [0.4, 0.5) is 0 Å². The van der Waals surface area contributed by atoms with Crippen molar-refractivity contribution >= 4 is 22.8 Å². The SMILES string of the molecule is COc1ccc(Cn2c(=O)[nH]c3c(C)nc(Cl)nc32)c(OC)c1. The van der Waals surface area contributed by atoms with Crippen molar-refractivity contribution in [2.24, 2.45) is 0 Å². The molecule has 0 radical (unpaired) electrons. The Kier molecular flexibility index (Phi) is 3.96. The standard InChI is InChI=1S/C15H15ClN4O3/c1-8-12-13(19-14(16)17-8)20(15(21)18-12)7-9-4-5-10(22-2)6-11(9)23-3/h4-6H,7H2,1-3H3,(H,18,21). The fraction of sp³-hybridized carbons (Fsp3) is 0.267. The van der Waals surface area contributed by atoms with Crippen LogP contribution >= 0.6 is 11.6 Å². The summed E-state index contributed by atoms with van der Waals surface area (Å²) in [4.78, 5) is 23.2. The van der Waals surface area contributed by atoms with E-state index in [1.54, 1.807) is 27.2 Å². The quantitative estimate of drug-likeness (QED) is 0.739. The molecule has 0 saturated heterocycles. The van der Waals surface area contributed by atoms with E-state index in [0.717, 1.165) is 5.56 Å². The van der Waals surface area contributed by atoms with Gasteiger partial charge in [-0.25, -0.2) is 9.78 Å². The minimum atomic E-state index is -0.280. The first-order valence-corrected chi connectivity index (χ1v) is 7.25. The molecule has 2 heterocycles. The summed E-state index contributed by atoms with van der Waals surface area (Å²) in [5, 5.41) is 0.101. The molecule has 0 aliphatic rings. The number of rotatable bonds is 4. The Morgan fingerprint density at radius 3 is 2.74 bits per heavy atom. The fourth-order valence-corrected chi connectivity index (χ4v) is 2.64. The highest BCUT2D eigenvalue weighted by Crippen LogP contribution is 2.26. The molecule has 0 saturated carbocycles. The lowest BCUT2D eigenvalue weighted by molar-refractivity contribution is 0.390. The van der Waals surface area contributed by atoms with Crippen molar-refractivity contribution in [2.45, 2.75) is 13.5 Å². The normalized spacial score (nSPS) is 11.0. The third-order valence-electron chi connectivity index (χ3n) is 3.60. The van der Waals surface area contributed by atoms with Crippen LogP contribution in [0.5, 0.6) is 11.5 Å². The Morgan fingerprint density at radius 1 is 1.26 bits per heavy atom. The summed E-state index contributed by atoms with van der Waals surface area (Å²) in [5.41, 5.74) is 2.20. The lowest BCUT2D eigenvalue weighted by atomic mass is 10.2. The summed E-state index contributed by atoms with van der Waals surface area (Å²) in [6.45, 7) is 2.06. The predicted octanol–water partition coefficient (Wildman–Crippen LogP) is 2.15. The van der Waals surface area contributed by atoms with Gasteiger partial charge in [0.15, 0.2) is 5.65 Å². The average molecular weight is 335 g/mol. The number of aryl methyl sites for hydroxylation is 1. The molecule has 1 N–H and O–H groups in total. The molecule has 0 bridgehead atoms. The number of benzene rings is 1. The van der Waals surface area contributed by atoms with Gasteiger partial charge in [0.25, 0.3) is 0 Å². The number of nitrogens with zero attached hydrogens (tertiary/aromatic N) is 3. The van der Waals surface area contributed by atoms with Crippen LogP contribution in [0.15, 0.2) is 23.0 Å². The number of halogens is 1. The molecular weight excluding hydrogens is 320 g/mol. The summed E-state index contributed by atoms with van der Waals surface area (Å²) in [6, 6.07) is 5.42. The van der Waals surface area contributed by atoms with Crippen LogP contribution in [0, 0.1) is 6.92 Å². The van der Waals surface area contributed by atoms with Crippen molar-refractivity contribution in [1.29, 1.82) is 0 Å². The van der Waals surface area contributed by atoms with Gasteiger partial charge in [0, 0.05) is 11.6 Å². The largest absolute Gasteiger partial charge is 0.497 e. The Bertz CT molecular complexity index is 932. The summed E-state index contributed by atoms with van der Waals surface area (Å²) in [7, 11) is 3.15. The second kappa shape index (κ2) is 5.92. The van der Waals surface area contributed by atoms with Crippen LogP contribution in [0.1, 0.15) is 11.3 Å². The molecular formula is C15H15ClN4O3. The van der Waals surface area contributed by atoms with Crippen LogP contribution in [0.3, 0.4) is 0 Å². The third kappa shape index (κ3) is 2.75. The molecule has 0 aliphatic heterocycles. The van der Waals surface area contributed by atoms with Crippen molar-refractivity contribution in [3.63, 3.8) is 0 Å². The molecule has 2 aromatic heterocycles. The molecule has 23 heavy (non-hydrogen) atoms.